The lowest BCUT2D eigenvalue weighted by Crippen LogP contribution is -1.95. The van der Waals surface area contributed by atoms with Crippen molar-refractivity contribution in [2.24, 2.45) is 0 Å². The van der Waals surface area contributed by atoms with Crippen LogP contribution in [0.4, 0.5) is 0 Å². The molecule has 0 bridgehead atoms. The van der Waals surface area contributed by atoms with Crippen molar-refractivity contribution in [3.63, 3.8) is 0 Å². The van der Waals surface area contributed by atoms with Crippen LogP contribution in [0.1, 0.15) is 18.2 Å². The van der Waals surface area contributed by atoms with Crippen molar-refractivity contribution in [3.8, 4) is 0 Å². The smallest absolute Gasteiger partial charge is 0.120 e. The molecular formula is C11H15NO2. The van der Waals surface area contributed by atoms with Gasteiger partial charge in [0.25, 0.3) is 0 Å². The van der Waals surface area contributed by atoms with Gasteiger partial charge in [0.1, 0.15) is 5.76 Å². The third-order valence-electron chi connectivity index (χ3n) is 1.76. The molecule has 1 aromatic heterocycles. The third-order valence-corrected chi connectivity index (χ3v) is 1.76. The van der Waals surface area contributed by atoms with E-state index < -0.39 is 0 Å². The largest absolute Gasteiger partial charge is 0.494 e. The second-order valence-corrected chi connectivity index (χ2v) is 2.83. The Bertz CT molecular complexity index is 293. The predicted octanol–water partition coefficient (Wildman–Crippen LogP) is 2.24. The maximum atomic E-state index is 5.26. The lowest BCUT2D eigenvalue weighted by Gasteiger charge is -2.06. The maximum absolute atomic E-state index is 5.26. The van der Waals surface area contributed by atoms with Crippen LogP contribution in [0.5, 0.6) is 0 Å². The van der Waals surface area contributed by atoms with Crippen LogP contribution < -0.4 is 0 Å². The molecule has 0 aliphatic carbocycles. The molecule has 0 saturated heterocycles. The molecule has 1 heterocycles. The first-order chi connectivity index (χ1) is 6.77. The Hall–Kier alpha value is -1.35. The monoisotopic (exact) mass is 193 g/mol. The highest BCUT2D eigenvalue weighted by Crippen LogP contribution is 2.12. The Morgan fingerprint density at radius 2 is 2.29 bits per heavy atom. The van der Waals surface area contributed by atoms with E-state index in [9.17, 15) is 0 Å². The molecule has 3 nitrogen and oxygen atoms in total. The Labute approximate surface area is 84.4 Å². The van der Waals surface area contributed by atoms with Crippen molar-refractivity contribution in [2.45, 2.75) is 13.5 Å². The van der Waals surface area contributed by atoms with Crippen LogP contribution in [0.2, 0.25) is 0 Å². The van der Waals surface area contributed by atoms with Crippen LogP contribution in [0.25, 0.3) is 5.76 Å². The van der Waals surface area contributed by atoms with Gasteiger partial charge in [-0.2, -0.15) is 0 Å². The van der Waals surface area contributed by atoms with E-state index in [1.165, 1.54) is 0 Å². The van der Waals surface area contributed by atoms with E-state index in [1.807, 2.05) is 19.1 Å². The van der Waals surface area contributed by atoms with Crippen LogP contribution in [-0.2, 0) is 16.1 Å². The van der Waals surface area contributed by atoms with E-state index in [0.29, 0.717) is 19.0 Å². The molecule has 0 amide bonds. The minimum atomic E-state index is 0.529. The van der Waals surface area contributed by atoms with Crippen LogP contribution in [-0.4, -0.2) is 18.7 Å². The summed E-state index contributed by atoms with van der Waals surface area (Å²) in [5.41, 5.74) is 1.81. The number of hydrogen-bond donors (Lipinski definition) is 0. The Kier molecular flexibility index (Phi) is 4.13. The second-order valence-electron chi connectivity index (χ2n) is 2.83. The highest BCUT2D eigenvalue weighted by molar-refractivity contribution is 5.56. The molecule has 0 fully saturated rings. The van der Waals surface area contributed by atoms with E-state index in [-0.39, 0.29) is 0 Å². The molecular weight excluding hydrogens is 178 g/mol. The number of methoxy groups -OCH3 is 1. The van der Waals surface area contributed by atoms with Crippen molar-refractivity contribution in [1.29, 1.82) is 0 Å². The molecule has 0 aromatic carbocycles. The summed E-state index contributed by atoms with van der Waals surface area (Å²) in [4.78, 5) is 4.21. The lowest BCUT2D eigenvalue weighted by molar-refractivity contribution is 0.181. The highest BCUT2D eigenvalue weighted by atomic mass is 16.5. The minimum absolute atomic E-state index is 0.529. The van der Waals surface area contributed by atoms with Gasteiger partial charge >= 0.3 is 0 Å². The first kappa shape index (κ1) is 10.7. The van der Waals surface area contributed by atoms with Crippen molar-refractivity contribution in [2.75, 3.05) is 13.7 Å². The lowest BCUT2D eigenvalue weighted by atomic mass is 10.2. The summed E-state index contributed by atoms with van der Waals surface area (Å²) in [6.07, 6.45) is 1.74. The van der Waals surface area contributed by atoms with Crippen molar-refractivity contribution in [1.82, 2.24) is 4.98 Å². The van der Waals surface area contributed by atoms with E-state index in [4.69, 9.17) is 9.47 Å². The van der Waals surface area contributed by atoms with E-state index >= 15 is 0 Å². The fourth-order valence-corrected chi connectivity index (χ4v) is 1.08. The molecule has 0 atom stereocenters. The van der Waals surface area contributed by atoms with Crippen LogP contribution in [0.3, 0.4) is 0 Å². The molecule has 14 heavy (non-hydrogen) atoms. The van der Waals surface area contributed by atoms with E-state index in [2.05, 4.69) is 11.6 Å². The van der Waals surface area contributed by atoms with Crippen LogP contribution >= 0.6 is 0 Å². The first-order valence-corrected chi connectivity index (χ1v) is 4.54. The van der Waals surface area contributed by atoms with E-state index in [1.54, 1.807) is 13.3 Å². The zero-order chi connectivity index (χ0) is 10.4. The SMILES string of the molecule is C=C(OCC)c1ccc(COC)nc1. The van der Waals surface area contributed by atoms with Crippen LogP contribution in [0.15, 0.2) is 24.9 Å². The number of ether oxygens (including phenoxy) is 2. The Morgan fingerprint density at radius 3 is 2.79 bits per heavy atom. The Balaban J connectivity index is 2.67. The third kappa shape index (κ3) is 2.85. The molecule has 76 valence electrons. The van der Waals surface area contributed by atoms with Gasteiger partial charge in [-0.3, -0.25) is 4.98 Å². The average molecular weight is 193 g/mol. The molecule has 3 heteroatoms. The fourth-order valence-electron chi connectivity index (χ4n) is 1.08. The fraction of sp³-hybridized carbons (Fsp3) is 0.364. The molecule has 0 radical (unpaired) electrons. The van der Waals surface area contributed by atoms with Gasteiger partial charge in [-0.25, -0.2) is 0 Å². The molecule has 0 N–H and O–H groups in total. The number of rotatable bonds is 5. The summed E-state index contributed by atoms with van der Waals surface area (Å²) in [5.74, 6) is 0.656. The van der Waals surface area contributed by atoms with Crippen molar-refractivity contribution >= 4 is 5.76 Å². The van der Waals surface area contributed by atoms with Gasteiger partial charge in [-0.15, -0.1) is 0 Å². The van der Waals surface area contributed by atoms with Crippen LogP contribution in [0, 0.1) is 0 Å². The molecule has 0 saturated carbocycles. The summed E-state index contributed by atoms with van der Waals surface area (Å²) >= 11 is 0. The van der Waals surface area contributed by atoms with Gasteiger partial charge in [0.15, 0.2) is 0 Å². The molecule has 0 unspecified atom stereocenters. The van der Waals surface area contributed by atoms with Gasteiger partial charge in [0, 0.05) is 18.9 Å². The average Bonchev–Trinajstić information content (AvgIpc) is 2.20. The minimum Gasteiger partial charge on any atom is -0.494 e. The number of hydrogen-bond acceptors (Lipinski definition) is 3. The molecule has 0 aliphatic rings. The molecule has 0 spiro atoms. The summed E-state index contributed by atoms with van der Waals surface area (Å²) < 4.78 is 10.2. The van der Waals surface area contributed by atoms with Crippen molar-refractivity contribution in [3.05, 3.63) is 36.2 Å². The summed E-state index contributed by atoms with van der Waals surface area (Å²) in [6.45, 7) is 6.88. The maximum Gasteiger partial charge on any atom is 0.120 e. The van der Waals surface area contributed by atoms with E-state index in [0.717, 1.165) is 11.3 Å². The quantitative estimate of drug-likeness (QED) is 0.672. The number of aromatic nitrogens is 1. The molecule has 1 aromatic rings. The van der Waals surface area contributed by atoms with Gasteiger partial charge in [0.05, 0.1) is 18.9 Å². The number of pyridine rings is 1. The normalized spacial score (nSPS) is 9.86. The van der Waals surface area contributed by atoms with Gasteiger partial charge in [-0.05, 0) is 19.1 Å². The zero-order valence-corrected chi connectivity index (χ0v) is 8.62. The predicted molar refractivity (Wildman–Crippen MR) is 55.6 cm³/mol. The summed E-state index contributed by atoms with van der Waals surface area (Å²) in [5, 5.41) is 0. The van der Waals surface area contributed by atoms with Gasteiger partial charge in [-0.1, -0.05) is 6.58 Å². The van der Waals surface area contributed by atoms with Gasteiger partial charge < -0.3 is 9.47 Å². The standard InChI is InChI=1S/C11H15NO2/c1-4-14-9(2)10-5-6-11(8-13-3)12-7-10/h5-7H,2,4,8H2,1,3H3. The summed E-state index contributed by atoms with van der Waals surface area (Å²) in [6, 6.07) is 3.84. The highest BCUT2D eigenvalue weighted by Gasteiger charge is 1.99. The zero-order valence-electron chi connectivity index (χ0n) is 8.62. The molecule has 1 rings (SSSR count). The Morgan fingerprint density at radius 1 is 1.50 bits per heavy atom. The second kappa shape index (κ2) is 5.40. The first-order valence-electron chi connectivity index (χ1n) is 4.54. The van der Waals surface area contributed by atoms with Crippen molar-refractivity contribution < 1.29 is 9.47 Å². The van der Waals surface area contributed by atoms with Gasteiger partial charge in [0.2, 0.25) is 0 Å². The summed E-state index contributed by atoms with van der Waals surface area (Å²) in [7, 11) is 1.65. The number of nitrogens with zero attached hydrogens (tertiary/aromatic N) is 1. The molecule has 0 aliphatic heterocycles. The topological polar surface area (TPSA) is 31.4 Å².